The quantitative estimate of drug-likeness (QED) is 0.374. The topological polar surface area (TPSA) is 106 Å². The number of nitrogens with zero attached hydrogens (tertiary/aromatic N) is 1. The van der Waals surface area contributed by atoms with Crippen LogP contribution in [0.15, 0.2) is 34.0 Å². The number of sulfonamides is 1. The van der Waals surface area contributed by atoms with Crippen LogP contribution in [0.3, 0.4) is 0 Å². The monoisotopic (exact) mass is 514 g/mol. The molecular formula is C22H25F3N4O3S2. The van der Waals surface area contributed by atoms with E-state index >= 15 is 4.39 Å². The van der Waals surface area contributed by atoms with Gasteiger partial charge >= 0.3 is 0 Å². The molecule has 0 atom stereocenters. The first kappa shape index (κ1) is 25.9. The van der Waals surface area contributed by atoms with E-state index in [4.69, 9.17) is 9.88 Å². The number of methoxy groups -OCH3 is 1. The molecule has 12 heteroatoms. The fourth-order valence-electron chi connectivity index (χ4n) is 3.41. The average molecular weight is 515 g/mol. The number of anilines is 1. The minimum atomic E-state index is -4.47. The summed E-state index contributed by atoms with van der Waals surface area (Å²) in [4.78, 5) is 3.23. The molecule has 0 unspecified atom stereocenters. The van der Waals surface area contributed by atoms with Crippen LogP contribution in [0.1, 0.15) is 25.0 Å². The van der Waals surface area contributed by atoms with Gasteiger partial charge in [-0.05, 0) is 30.7 Å². The van der Waals surface area contributed by atoms with Crippen LogP contribution in [0.5, 0.6) is 5.75 Å². The second-order valence-electron chi connectivity index (χ2n) is 7.93. The summed E-state index contributed by atoms with van der Waals surface area (Å²) < 4.78 is 74.5. The molecule has 0 radical (unpaired) electrons. The molecule has 184 valence electrons. The summed E-state index contributed by atoms with van der Waals surface area (Å²) in [6, 6.07) is 3.56. The Morgan fingerprint density at radius 3 is 2.47 bits per heavy atom. The van der Waals surface area contributed by atoms with Crippen molar-refractivity contribution in [3.8, 4) is 17.0 Å². The van der Waals surface area contributed by atoms with Gasteiger partial charge in [-0.25, -0.2) is 31.7 Å². The van der Waals surface area contributed by atoms with Crippen LogP contribution in [0.2, 0.25) is 0 Å². The van der Waals surface area contributed by atoms with Crippen molar-refractivity contribution < 1.29 is 26.3 Å². The Morgan fingerprint density at radius 1 is 1.15 bits per heavy atom. The van der Waals surface area contributed by atoms with Crippen molar-refractivity contribution in [1.82, 2.24) is 10.3 Å². The Labute approximate surface area is 200 Å². The maximum absolute atomic E-state index is 15.1. The van der Waals surface area contributed by atoms with Gasteiger partial charge in [-0.15, -0.1) is 11.3 Å². The smallest absolute Gasteiger partial charge is 0.240 e. The number of rotatable bonds is 10. The Hall–Kier alpha value is -2.67. The molecule has 0 aliphatic carbocycles. The minimum Gasteiger partial charge on any atom is -0.496 e. The predicted octanol–water partition coefficient (Wildman–Crippen LogP) is 4.24. The van der Waals surface area contributed by atoms with Gasteiger partial charge in [0.25, 0.3) is 0 Å². The van der Waals surface area contributed by atoms with Gasteiger partial charge in [-0.3, -0.25) is 0 Å². The van der Waals surface area contributed by atoms with Gasteiger partial charge in [0.1, 0.15) is 16.5 Å². The lowest BCUT2D eigenvalue weighted by Gasteiger charge is -2.19. The van der Waals surface area contributed by atoms with Gasteiger partial charge in [0, 0.05) is 35.2 Å². The van der Waals surface area contributed by atoms with E-state index in [0.29, 0.717) is 23.8 Å². The molecule has 7 nitrogen and oxygen atoms in total. The molecule has 1 heterocycles. The summed E-state index contributed by atoms with van der Waals surface area (Å²) in [6.45, 7) is 4.58. The molecule has 2 aromatic carbocycles. The van der Waals surface area contributed by atoms with Gasteiger partial charge in [0.15, 0.2) is 11.6 Å². The van der Waals surface area contributed by atoms with Crippen molar-refractivity contribution >= 4 is 27.0 Å². The highest BCUT2D eigenvalue weighted by atomic mass is 32.2. The number of nitrogens with two attached hydrogens (primary N) is 1. The maximum Gasteiger partial charge on any atom is 0.240 e. The molecule has 0 fully saturated rings. The first-order valence-corrected chi connectivity index (χ1v) is 12.8. The highest BCUT2D eigenvalue weighted by Crippen LogP contribution is 2.35. The van der Waals surface area contributed by atoms with E-state index in [9.17, 15) is 17.2 Å². The van der Waals surface area contributed by atoms with Crippen LogP contribution in [0, 0.1) is 23.4 Å². The molecule has 0 saturated heterocycles. The number of nitrogens with one attached hydrogen (secondary N) is 2. The van der Waals surface area contributed by atoms with Crippen molar-refractivity contribution in [2.75, 3.05) is 19.0 Å². The van der Waals surface area contributed by atoms with Gasteiger partial charge in [0.2, 0.25) is 10.0 Å². The molecule has 0 aliphatic rings. The normalized spacial score (nSPS) is 11.8. The summed E-state index contributed by atoms with van der Waals surface area (Å²) in [5.41, 5.74) is 1.000. The minimum absolute atomic E-state index is 0.0650. The first-order valence-electron chi connectivity index (χ1n) is 10.3. The fourth-order valence-corrected chi connectivity index (χ4v) is 4.69. The summed E-state index contributed by atoms with van der Waals surface area (Å²) >= 11 is 1.13. The first-order chi connectivity index (χ1) is 16.0. The zero-order valence-corrected chi connectivity index (χ0v) is 20.4. The zero-order valence-electron chi connectivity index (χ0n) is 18.8. The van der Waals surface area contributed by atoms with E-state index in [1.807, 2.05) is 13.8 Å². The van der Waals surface area contributed by atoms with E-state index in [-0.39, 0.29) is 29.9 Å². The molecule has 34 heavy (non-hydrogen) atoms. The number of benzene rings is 2. The molecule has 3 rings (SSSR count). The van der Waals surface area contributed by atoms with Gasteiger partial charge in [-0.1, -0.05) is 13.8 Å². The molecule has 0 spiro atoms. The SMILES string of the molecule is COc1ccc(F)c(CNc2c(S(N)(=O)=O)cc(-c3cscn3)c(F)c2F)c1CNCC(C)C. The summed E-state index contributed by atoms with van der Waals surface area (Å²) in [5, 5.41) is 12.5. The summed E-state index contributed by atoms with van der Waals surface area (Å²) in [6.07, 6.45) is 0. The number of hydrogen-bond donors (Lipinski definition) is 3. The number of aromatic nitrogens is 1. The number of halogens is 3. The molecule has 1 aromatic heterocycles. The molecule has 0 aliphatic heterocycles. The van der Waals surface area contributed by atoms with Crippen LogP contribution in [-0.4, -0.2) is 27.1 Å². The summed E-state index contributed by atoms with van der Waals surface area (Å²) in [7, 11) is -3.04. The molecule has 3 aromatic rings. The van der Waals surface area contributed by atoms with Crippen LogP contribution in [-0.2, 0) is 23.1 Å². The van der Waals surface area contributed by atoms with Crippen LogP contribution in [0.25, 0.3) is 11.3 Å². The highest BCUT2D eigenvalue weighted by molar-refractivity contribution is 7.89. The lowest BCUT2D eigenvalue weighted by molar-refractivity contribution is 0.403. The van der Waals surface area contributed by atoms with Crippen LogP contribution >= 0.6 is 11.3 Å². The molecule has 0 amide bonds. The van der Waals surface area contributed by atoms with Gasteiger partial charge < -0.3 is 15.4 Å². The average Bonchev–Trinajstić information content (AvgIpc) is 3.29. The largest absolute Gasteiger partial charge is 0.496 e. The lowest BCUT2D eigenvalue weighted by Crippen LogP contribution is -2.22. The van der Waals surface area contributed by atoms with Gasteiger partial charge in [0.05, 0.1) is 24.0 Å². The van der Waals surface area contributed by atoms with Crippen molar-refractivity contribution in [3.05, 3.63) is 57.7 Å². The van der Waals surface area contributed by atoms with Crippen LogP contribution in [0.4, 0.5) is 18.9 Å². The third-order valence-electron chi connectivity index (χ3n) is 5.03. The van der Waals surface area contributed by atoms with Gasteiger partial charge in [-0.2, -0.15) is 0 Å². The highest BCUT2D eigenvalue weighted by Gasteiger charge is 2.26. The van der Waals surface area contributed by atoms with E-state index in [1.54, 1.807) is 0 Å². The second-order valence-corrected chi connectivity index (χ2v) is 10.2. The van der Waals surface area contributed by atoms with E-state index < -0.39 is 38.1 Å². The number of ether oxygens (including phenoxy) is 1. The summed E-state index contributed by atoms with van der Waals surface area (Å²) in [5.74, 6) is -2.65. The van der Waals surface area contributed by atoms with Crippen molar-refractivity contribution in [2.45, 2.75) is 31.8 Å². The van der Waals surface area contributed by atoms with E-state index in [0.717, 1.165) is 17.4 Å². The van der Waals surface area contributed by atoms with Crippen molar-refractivity contribution in [3.63, 3.8) is 0 Å². The second kappa shape index (κ2) is 10.7. The maximum atomic E-state index is 15.1. The standard InChI is InChI=1S/C22H25F3N4O3S2/c1-12(2)7-27-8-15-14(16(23)4-5-18(15)32-3)9-28-22-19(34(26,30)31)6-13(20(24)21(22)25)17-10-33-11-29-17/h4-6,10-12,27-28H,7-9H2,1-3H3,(H2,26,30,31). The molecular weight excluding hydrogens is 489 g/mol. The molecule has 0 bridgehead atoms. The fraction of sp³-hybridized carbons (Fsp3) is 0.318. The lowest BCUT2D eigenvalue weighted by atomic mass is 10.0. The Morgan fingerprint density at radius 2 is 1.88 bits per heavy atom. The third kappa shape index (κ3) is 5.69. The van der Waals surface area contributed by atoms with E-state index in [1.165, 1.54) is 30.1 Å². The predicted molar refractivity (Wildman–Crippen MR) is 126 cm³/mol. The Balaban J connectivity index is 2.03. The van der Waals surface area contributed by atoms with E-state index in [2.05, 4.69) is 15.6 Å². The molecule has 4 N–H and O–H groups in total. The number of thiazole rings is 1. The van der Waals surface area contributed by atoms with Crippen molar-refractivity contribution in [1.29, 1.82) is 0 Å². The third-order valence-corrected chi connectivity index (χ3v) is 6.55. The number of primary sulfonamides is 1. The number of hydrogen-bond acceptors (Lipinski definition) is 7. The Kier molecular flexibility index (Phi) is 8.18. The van der Waals surface area contributed by atoms with Crippen molar-refractivity contribution in [2.24, 2.45) is 11.1 Å². The molecule has 0 saturated carbocycles. The Bertz CT molecular complexity index is 1270. The zero-order chi connectivity index (χ0) is 25.0. The van der Waals surface area contributed by atoms with Crippen LogP contribution < -0.4 is 20.5 Å².